The van der Waals surface area contributed by atoms with Gasteiger partial charge in [0, 0.05) is 37.6 Å². The molecule has 2 amide bonds. The van der Waals surface area contributed by atoms with Gasteiger partial charge in [0.05, 0.1) is 18.2 Å². The summed E-state index contributed by atoms with van der Waals surface area (Å²) in [6.45, 7) is 1.45. The van der Waals surface area contributed by atoms with E-state index in [4.69, 9.17) is 9.84 Å². The van der Waals surface area contributed by atoms with Crippen LogP contribution in [0.3, 0.4) is 0 Å². The Morgan fingerprint density at radius 3 is 2.38 bits per heavy atom. The first-order valence-corrected chi connectivity index (χ1v) is 11.3. The van der Waals surface area contributed by atoms with Crippen molar-refractivity contribution in [1.29, 1.82) is 0 Å². The molecule has 0 bridgehead atoms. The molecule has 2 aromatic rings. The maximum absolute atomic E-state index is 13.0. The molecule has 3 rings (SSSR count). The van der Waals surface area contributed by atoms with Gasteiger partial charge in [-0.05, 0) is 55.7 Å². The number of amides is 2. The van der Waals surface area contributed by atoms with Crippen molar-refractivity contribution in [3.8, 4) is 5.75 Å². The Balaban J connectivity index is 1.39. The molecule has 1 aromatic carbocycles. The fourth-order valence-electron chi connectivity index (χ4n) is 3.93. The minimum absolute atomic E-state index is 0.00764. The number of hydrogen-bond acceptors (Lipinski definition) is 4. The van der Waals surface area contributed by atoms with E-state index in [1.807, 2.05) is 0 Å². The van der Waals surface area contributed by atoms with Crippen LogP contribution in [0.2, 0.25) is 0 Å². The molecule has 1 saturated heterocycles. The Labute approximate surface area is 196 Å². The van der Waals surface area contributed by atoms with Gasteiger partial charge < -0.3 is 14.7 Å². The fourth-order valence-corrected chi connectivity index (χ4v) is 3.93. The van der Waals surface area contributed by atoms with Gasteiger partial charge in [-0.2, -0.15) is 13.2 Å². The number of carbonyl (C=O) groups excluding carboxylic acids is 1. The molecule has 184 valence electrons. The predicted octanol–water partition coefficient (Wildman–Crippen LogP) is 5.22. The summed E-state index contributed by atoms with van der Waals surface area (Å²) >= 11 is 0. The van der Waals surface area contributed by atoms with Gasteiger partial charge in [0.2, 0.25) is 0 Å². The van der Waals surface area contributed by atoms with Crippen LogP contribution < -0.4 is 9.64 Å². The summed E-state index contributed by atoms with van der Waals surface area (Å²) < 4.78 is 43.3. The van der Waals surface area contributed by atoms with E-state index in [2.05, 4.69) is 4.98 Å². The second-order valence-electron chi connectivity index (χ2n) is 8.18. The average molecular weight is 479 g/mol. The number of nitrogens with zero attached hydrogens (tertiary/aromatic N) is 3. The number of unbranched alkanes of at least 4 members (excludes halogenated alkanes) is 3. The first-order chi connectivity index (χ1) is 16.3. The number of halogens is 3. The number of carbonyl (C=O) groups is 2. The van der Waals surface area contributed by atoms with Crippen molar-refractivity contribution >= 4 is 17.7 Å². The number of carboxylic acids is 1. The fraction of sp³-hybridized carbons (Fsp3) is 0.458. The SMILES string of the molecule is O=C(O)CCC1CN(CCCCCCOc2ccc(C(F)(F)F)cc2)C(=O)N1c1ccncc1. The summed E-state index contributed by atoms with van der Waals surface area (Å²) in [5.41, 5.74) is 0.00214. The van der Waals surface area contributed by atoms with Crippen molar-refractivity contribution in [1.82, 2.24) is 9.88 Å². The molecule has 0 radical (unpaired) electrons. The topological polar surface area (TPSA) is 83.0 Å². The molecular formula is C24H28F3N3O4. The molecule has 7 nitrogen and oxygen atoms in total. The molecule has 1 aliphatic rings. The largest absolute Gasteiger partial charge is 0.494 e. The van der Waals surface area contributed by atoms with Gasteiger partial charge in [0.15, 0.2) is 0 Å². The zero-order chi connectivity index (χ0) is 24.6. The highest BCUT2D eigenvalue weighted by atomic mass is 19.4. The standard InChI is InChI=1S/C24H28F3N3O4/c25-24(26,27)18-5-8-21(9-6-18)34-16-4-2-1-3-15-29-17-20(7-10-22(31)32)30(23(29)33)19-11-13-28-14-12-19/h5-6,8-9,11-14,20H,1-4,7,10,15-17H2,(H,31,32). The van der Waals surface area contributed by atoms with Crippen LogP contribution in [-0.4, -0.2) is 52.7 Å². The van der Waals surface area contributed by atoms with Gasteiger partial charge in [0.1, 0.15) is 5.75 Å². The monoisotopic (exact) mass is 479 g/mol. The average Bonchev–Trinajstić information content (AvgIpc) is 3.12. The van der Waals surface area contributed by atoms with Crippen LogP contribution in [0.5, 0.6) is 5.75 Å². The maximum atomic E-state index is 13.0. The summed E-state index contributed by atoms with van der Waals surface area (Å²) in [6.07, 6.45) is 2.49. The zero-order valence-electron chi connectivity index (χ0n) is 18.7. The van der Waals surface area contributed by atoms with E-state index < -0.39 is 17.7 Å². The number of anilines is 1. The number of carboxylic acid groups (broad SMARTS) is 1. The molecule has 1 aliphatic heterocycles. The van der Waals surface area contributed by atoms with E-state index in [0.717, 1.165) is 37.8 Å². The Hall–Kier alpha value is -3.30. The summed E-state index contributed by atoms with van der Waals surface area (Å²) in [7, 11) is 0. The van der Waals surface area contributed by atoms with Crippen LogP contribution in [0.25, 0.3) is 0 Å². The van der Waals surface area contributed by atoms with Crippen LogP contribution in [0.4, 0.5) is 23.7 Å². The van der Waals surface area contributed by atoms with E-state index in [1.54, 1.807) is 34.3 Å². The van der Waals surface area contributed by atoms with Crippen molar-refractivity contribution in [2.75, 3.05) is 24.6 Å². The molecule has 34 heavy (non-hydrogen) atoms. The van der Waals surface area contributed by atoms with Gasteiger partial charge in [-0.1, -0.05) is 12.8 Å². The minimum Gasteiger partial charge on any atom is -0.494 e. The van der Waals surface area contributed by atoms with Gasteiger partial charge in [-0.25, -0.2) is 4.79 Å². The molecule has 0 aliphatic carbocycles. The molecule has 10 heteroatoms. The number of alkyl halides is 3. The number of rotatable bonds is 12. The lowest BCUT2D eigenvalue weighted by atomic mass is 10.1. The van der Waals surface area contributed by atoms with E-state index in [-0.39, 0.29) is 18.5 Å². The smallest absolute Gasteiger partial charge is 0.416 e. The first-order valence-electron chi connectivity index (χ1n) is 11.3. The summed E-state index contributed by atoms with van der Waals surface area (Å²) in [4.78, 5) is 31.4. The molecule has 1 N–H and O–H groups in total. The number of benzene rings is 1. The van der Waals surface area contributed by atoms with Crippen molar-refractivity contribution in [2.24, 2.45) is 0 Å². The number of aliphatic carboxylic acids is 1. The van der Waals surface area contributed by atoms with Gasteiger partial charge >= 0.3 is 18.2 Å². The van der Waals surface area contributed by atoms with Crippen molar-refractivity contribution < 1.29 is 32.6 Å². The molecule has 2 heterocycles. The molecule has 1 atom stereocenters. The Kier molecular flexibility index (Phi) is 8.72. The molecular weight excluding hydrogens is 451 g/mol. The summed E-state index contributed by atoms with van der Waals surface area (Å²) in [5, 5.41) is 9.04. The Morgan fingerprint density at radius 2 is 1.74 bits per heavy atom. The highest BCUT2D eigenvalue weighted by molar-refractivity contribution is 5.95. The molecule has 1 aromatic heterocycles. The third-order valence-electron chi connectivity index (χ3n) is 5.68. The highest BCUT2D eigenvalue weighted by Gasteiger charge is 2.37. The maximum Gasteiger partial charge on any atom is 0.416 e. The molecule has 0 spiro atoms. The third kappa shape index (κ3) is 7.10. The van der Waals surface area contributed by atoms with Crippen molar-refractivity contribution in [2.45, 2.75) is 50.7 Å². The Morgan fingerprint density at radius 1 is 1.06 bits per heavy atom. The highest BCUT2D eigenvalue weighted by Crippen LogP contribution is 2.30. The van der Waals surface area contributed by atoms with Crippen LogP contribution in [-0.2, 0) is 11.0 Å². The number of urea groups is 1. The molecule has 0 saturated carbocycles. The van der Waals surface area contributed by atoms with E-state index in [0.29, 0.717) is 37.6 Å². The van der Waals surface area contributed by atoms with Crippen LogP contribution in [0.1, 0.15) is 44.1 Å². The van der Waals surface area contributed by atoms with Gasteiger partial charge in [-0.15, -0.1) is 0 Å². The van der Waals surface area contributed by atoms with E-state index >= 15 is 0 Å². The first kappa shape index (κ1) is 25.3. The zero-order valence-corrected chi connectivity index (χ0v) is 18.7. The lowest BCUT2D eigenvalue weighted by Crippen LogP contribution is -2.35. The third-order valence-corrected chi connectivity index (χ3v) is 5.68. The summed E-state index contributed by atoms with van der Waals surface area (Å²) in [6, 6.07) is 7.78. The lowest BCUT2D eigenvalue weighted by molar-refractivity contribution is -0.138. The quantitative estimate of drug-likeness (QED) is 0.423. The number of pyridine rings is 1. The van der Waals surface area contributed by atoms with Crippen LogP contribution in [0.15, 0.2) is 48.8 Å². The Bertz CT molecular complexity index is 939. The molecule has 1 fully saturated rings. The summed E-state index contributed by atoms with van der Waals surface area (Å²) in [5.74, 6) is -0.488. The van der Waals surface area contributed by atoms with Crippen LogP contribution >= 0.6 is 0 Å². The normalized spacial score (nSPS) is 16.2. The predicted molar refractivity (Wildman–Crippen MR) is 120 cm³/mol. The lowest BCUT2D eigenvalue weighted by Gasteiger charge is -2.22. The molecule has 1 unspecified atom stereocenters. The number of aromatic nitrogens is 1. The van der Waals surface area contributed by atoms with Crippen molar-refractivity contribution in [3.63, 3.8) is 0 Å². The minimum atomic E-state index is -4.36. The van der Waals surface area contributed by atoms with Gasteiger partial charge in [-0.3, -0.25) is 14.7 Å². The number of ether oxygens (including phenoxy) is 1. The van der Waals surface area contributed by atoms with E-state index in [1.165, 1.54) is 12.1 Å². The van der Waals surface area contributed by atoms with Crippen LogP contribution in [0, 0.1) is 0 Å². The van der Waals surface area contributed by atoms with Crippen molar-refractivity contribution in [3.05, 3.63) is 54.4 Å². The second-order valence-corrected chi connectivity index (χ2v) is 8.18. The van der Waals surface area contributed by atoms with Gasteiger partial charge in [0.25, 0.3) is 0 Å². The number of hydrogen-bond donors (Lipinski definition) is 1. The second kappa shape index (κ2) is 11.7. The van der Waals surface area contributed by atoms with E-state index in [9.17, 15) is 22.8 Å².